The molecule has 2 aromatic heterocycles. The molecule has 90 valence electrons. The summed E-state index contributed by atoms with van der Waals surface area (Å²) in [6.07, 6.45) is 3.60. The molecule has 0 radical (unpaired) electrons. The van der Waals surface area contributed by atoms with E-state index in [1.165, 1.54) is 4.88 Å². The second-order valence-corrected chi connectivity index (χ2v) is 5.41. The summed E-state index contributed by atoms with van der Waals surface area (Å²) in [5.41, 5.74) is 1.65. The van der Waals surface area contributed by atoms with Crippen LogP contribution in [0.3, 0.4) is 0 Å². The van der Waals surface area contributed by atoms with Crippen molar-refractivity contribution in [2.24, 2.45) is 0 Å². The Hall–Kier alpha value is -1.20. The van der Waals surface area contributed by atoms with Crippen LogP contribution >= 0.6 is 24.0 Å². The smallest absolute Gasteiger partial charge is 0.253 e. The topological polar surface area (TPSA) is 44.9 Å². The molecule has 2 rings (SSSR count). The van der Waals surface area contributed by atoms with Gasteiger partial charge in [-0.15, -0.1) is 11.3 Å². The highest BCUT2D eigenvalue weighted by atomic mass is 32.1. The van der Waals surface area contributed by atoms with Gasteiger partial charge in [-0.2, -0.15) is 12.6 Å². The van der Waals surface area contributed by atoms with Gasteiger partial charge in [0, 0.05) is 40.0 Å². The molecule has 3 nitrogen and oxygen atoms in total. The van der Waals surface area contributed by atoms with Crippen molar-refractivity contribution in [3.63, 3.8) is 0 Å². The average Bonchev–Trinajstić information content (AvgIpc) is 2.93. The van der Waals surface area contributed by atoms with Crippen LogP contribution in [0.2, 0.25) is 0 Å². The number of aryl methyl sites for hydroxylation is 1. The molecule has 2 heterocycles. The molecule has 0 saturated heterocycles. The fraction of sp³-hybridized carbons (Fsp3) is 0.250. The maximum atomic E-state index is 11.9. The number of thiol groups is 1. The Morgan fingerprint density at radius 2 is 2.29 bits per heavy atom. The van der Waals surface area contributed by atoms with E-state index in [1.807, 2.05) is 12.3 Å². The van der Waals surface area contributed by atoms with E-state index in [4.69, 9.17) is 0 Å². The van der Waals surface area contributed by atoms with Gasteiger partial charge < -0.3 is 10.3 Å². The maximum Gasteiger partial charge on any atom is 0.253 e. The van der Waals surface area contributed by atoms with E-state index >= 15 is 0 Å². The van der Waals surface area contributed by atoms with Gasteiger partial charge in [-0.1, -0.05) is 0 Å². The van der Waals surface area contributed by atoms with E-state index < -0.39 is 0 Å². The summed E-state index contributed by atoms with van der Waals surface area (Å²) in [5.74, 6) is 0.588. The predicted molar refractivity (Wildman–Crippen MR) is 75.0 cm³/mol. The van der Waals surface area contributed by atoms with Crippen molar-refractivity contribution in [3.05, 3.63) is 35.0 Å². The third-order valence-corrected chi connectivity index (χ3v) is 3.65. The van der Waals surface area contributed by atoms with Gasteiger partial charge in [-0.05, 0) is 19.1 Å². The highest BCUT2D eigenvalue weighted by molar-refractivity contribution is 7.80. The predicted octanol–water partition coefficient (Wildman–Crippen LogP) is 2.71. The van der Waals surface area contributed by atoms with Crippen molar-refractivity contribution < 1.29 is 4.79 Å². The lowest BCUT2D eigenvalue weighted by molar-refractivity contribution is 0.0957. The van der Waals surface area contributed by atoms with Gasteiger partial charge in [0.05, 0.1) is 5.56 Å². The van der Waals surface area contributed by atoms with E-state index in [-0.39, 0.29) is 5.91 Å². The Morgan fingerprint density at radius 1 is 1.47 bits per heavy atom. The first-order chi connectivity index (χ1) is 8.22. The van der Waals surface area contributed by atoms with Crippen molar-refractivity contribution in [2.45, 2.75) is 6.92 Å². The Kier molecular flexibility index (Phi) is 3.91. The lowest BCUT2D eigenvalue weighted by atomic mass is 10.1. The first-order valence-electron chi connectivity index (χ1n) is 5.35. The first kappa shape index (κ1) is 12.3. The molecule has 2 aromatic rings. The van der Waals surface area contributed by atoms with Crippen molar-refractivity contribution >= 4 is 29.9 Å². The molecule has 2 N–H and O–H groups in total. The second-order valence-electron chi connectivity index (χ2n) is 3.67. The molecule has 0 aliphatic rings. The molecule has 0 aliphatic heterocycles. The molecule has 0 atom stereocenters. The number of hydrogen-bond donors (Lipinski definition) is 3. The quantitative estimate of drug-likeness (QED) is 0.732. The number of amides is 1. The number of carbonyl (C=O) groups excluding carboxylic acids is 1. The fourth-order valence-corrected chi connectivity index (χ4v) is 2.61. The number of carbonyl (C=O) groups is 1. The Balaban J connectivity index is 2.25. The zero-order chi connectivity index (χ0) is 12.3. The van der Waals surface area contributed by atoms with E-state index in [2.05, 4.69) is 35.9 Å². The van der Waals surface area contributed by atoms with Crippen LogP contribution in [0.1, 0.15) is 15.2 Å². The van der Waals surface area contributed by atoms with Gasteiger partial charge in [0.15, 0.2) is 0 Å². The van der Waals surface area contributed by atoms with Crippen LogP contribution in [0.15, 0.2) is 24.5 Å². The zero-order valence-electron chi connectivity index (χ0n) is 9.49. The molecule has 0 bridgehead atoms. The number of rotatable bonds is 4. The lowest BCUT2D eigenvalue weighted by Gasteiger charge is -2.03. The standard InChI is InChI=1S/C12H14N2OS2/c1-8-2-3-11(17-8)9-6-13-7-10(9)12(15)14-4-5-16/h2-3,6-7,13,16H,4-5H2,1H3,(H,14,15). The summed E-state index contributed by atoms with van der Waals surface area (Å²) >= 11 is 5.76. The monoisotopic (exact) mass is 266 g/mol. The largest absolute Gasteiger partial charge is 0.366 e. The van der Waals surface area contributed by atoms with Crippen LogP contribution in [0.5, 0.6) is 0 Å². The van der Waals surface area contributed by atoms with E-state index in [0.29, 0.717) is 17.9 Å². The SMILES string of the molecule is Cc1ccc(-c2c[nH]cc2C(=O)NCCS)s1. The van der Waals surface area contributed by atoms with Gasteiger partial charge in [-0.3, -0.25) is 4.79 Å². The Bertz CT molecular complexity index is 516. The summed E-state index contributed by atoms with van der Waals surface area (Å²) in [6.45, 7) is 2.64. The normalized spacial score (nSPS) is 10.5. The Labute approximate surface area is 110 Å². The zero-order valence-corrected chi connectivity index (χ0v) is 11.2. The molecule has 5 heteroatoms. The van der Waals surface area contributed by atoms with E-state index in [9.17, 15) is 4.79 Å². The number of aromatic nitrogens is 1. The van der Waals surface area contributed by atoms with Crippen LogP contribution in [-0.4, -0.2) is 23.2 Å². The van der Waals surface area contributed by atoms with Crippen molar-refractivity contribution in [1.29, 1.82) is 0 Å². The molecular formula is C12H14N2OS2. The van der Waals surface area contributed by atoms with E-state index in [0.717, 1.165) is 10.4 Å². The number of H-pyrrole nitrogens is 1. The molecule has 0 spiro atoms. The summed E-state index contributed by atoms with van der Waals surface area (Å²) in [7, 11) is 0. The van der Waals surface area contributed by atoms with Crippen LogP contribution in [-0.2, 0) is 0 Å². The van der Waals surface area contributed by atoms with Crippen LogP contribution in [0.4, 0.5) is 0 Å². The van der Waals surface area contributed by atoms with Crippen molar-refractivity contribution in [2.75, 3.05) is 12.3 Å². The van der Waals surface area contributed by atoms with Gasteiger partial charge >= 0.3 is 0 Å². The van der Waals surface area contributed by atoms with E-state index in [1.54, 1.807) is 17.5 Å². The maximum absolute atomic E-state index is 11.9. The van der Waals surface area contributed by atoms with Crippen molar-refractivity contribution in [3.8, 4) is 10.4 Å². The number of thiophene rings is 1. The summed E-state index contributed by atoms with van der Waals surface area (Å²) in [4.78, 5) is 17.2. The number of nitrogens with one attached hydrogen (secondary N) is 2. The molecule has 0 fully saturated rings. The van der Waals surface area contributed by atoms with Crippen LogP contribution in [0.25, 0.3) is 10.4 Å². The number of hydrogen-bond acceptors (Lipinski definition) is 3. The third-order valence-electron chi connectivity index (χ3n) is 2.39. The minimum absolute atomic E-state index is 0.0543. The first-order valence-corrected chi connectivity index (χ1v) is 6.80. The molecule has 0 aromatic carbocycles. The highest BCUT2D eigenvalue weighted by Gasteiger charge is 2.14. The lowest BCUT2D eigenvalue weighted by Crippen LogP contribution is -2.25. The molecule has 1 amide bonds. The molecule has 0 saturated carbocycles. The molecule has 0 unspecified atom stereocenters. The minimum atomic E-state index is -0.0543. The summed E-state index contributed by atoms with van der Waals surface area (Å²) < 4.78 is 0. The summed E-state index contributed by atoms with van der Waals surface area (Å²) in [6, 6.07) is 4.10. The van der Waals surface area contributed by atoms with Gasteiger partial charge in [0.1, 0.15) is 0 Å². The Morgan fingerprint density at radius 3 is 2.94 bits per heavy atom. The molecule has 0 aliphatic carbocycles. The summed E-state index contributed by atoms with van der Waals surface area (Å²) in [5, 5.41) is 2.82. The molecule has 17 heavy (non-hydrogen) atoms. The van der Waals surface area contributed by atoms with Crippen LogP contribution in [0, 0.1) is 6.92 Å². The minimum Gasteiger partial charge on any atom is -0.366 e. The van der Waals surface area contributed by atoms with Crippen LogP contribution < -0.4 is 5.32 Å². The van der Waals surface area contributed by atoms with Gasteiger partial charge in [-0.25, -0.2) is 0 Å². The van der Waals surface area contributed by atoms with Crippen molar-refractivity contribution in [1.82, 2.24) is 10.3 Å². The molecular weight excluding hydrogens is 252 g/mol. The average molecular weight is 266 g/mol. The fourth-order valence-electron chi connectivity index (χ4n) is 1.60. The van der Waals surface area contributed by atoms with Gasteiger partial charge in [0.2, 0.25) is 0 Å². The highest BCUT2D eigenvalue weighted by Crippen LogP contribution is 2.30. The third kappa shape index (κ3) is 2.73. The number of aromatic amines is 1. The second kappa shape index (κ2) is 5.42. The van der Waals surface area contributed by atoms with Gasteiger partial charge in [0.25, 0.3) is 5.91 Å².